The lowest BCUT2D eigenvalue weighted by atomic mass is 10.2. The summed E-state index contributed by atoms with van der Waals surface area (Å²) >= 11 is 0. The Morgan fingerprint density at radius 1 is 1.20 bits per heavy atom. The topological polar surface area (TPSA) is 150 Å². The van der Waals surface area contributed by atoms with E-state index in [1.165, 1.54) is 6.92 Å². The zero-order chi connectivity index (χ0) is 15.9. The number of nitrogens with one attached hydrogen (secondary N) is 2. The Kier molecular flexibility index (Phi) is 7.14. The molecule has 0 spiro atoms. The smallest absolute Gasteiger partial charge is 0.326 e. The van der Waals surface area contributed by atoms with Crippen LogP contribution in [-0.4, -0.2) is 54.3 Å². The second-order valence-corrected chi connectivity index (χ2v) is 6.03. The number of carboxylic acids is 2. The van der Waals surface area contributed by atoms with E-state index in [1.54, 1.807) is 6.92 Å². The summed E-state index contributed by atoms with van der Waals surface area (Å²) in [6, 6.07) is -2.81. The summed E-state index contributed by atoms with van der Waals surface area (Å²) < 4.78 is 25.0. The van der Waals surface area contributed by atoms with Gasteiger partial charge in [-0.1, -0.05) is 6.92 Å². The van der Waals surface area contributed by atoms with E-state index in [0.29, 0.717) is 6.42 Å². The largest absolute Gasteiger partial charge is 0.481 e. The molecular formula is C10H18N2O7S. The molecule has 20 heavy (non-hydrogen) atoms. The molecule has 0 radical (unpaired) electrons. The van der Waals surface area contributed by atoms with Crippen molar-refractivity contribution in [2.24, 2.45) is 0 Å². The molecule has 116 valence electrons. The van der Waals surface area contributed by atoms with Gasteiger partial charge in [-0.05, 0) is 13.3 Å². The van der Waals surface area contributed by atoms with E-state index in [2.05, 4.69) is 4.72 Å². The monoisotopic (exact) mass is 310 g/mol. The number of hydrogen-bond acceptors (Lipinski definition) is 5. The van der Waals surface area contributed by atoms with Crippen LogP contribution < -0.4 is 10.0 Å². The first-order chi connectivity index (χ1) is 9.09. The molecule has 0 heterocycles. The molecule has 0 aliphatic heterocycles. The van der Waals surface area contributed by atoms with E-state index in [9.17, 15) is 22.8 Å². The number of carbonyl (C=O) groups is 3. The second-order valence-electron chi connectivity index (χ2n) is 4.16. The normalized spacial score (nSPS) is 14.3. The van der Waals surface area contributed by atoms with Crippen LogP contribution in [0.2, 0.25) is 0 Å². The minimum Gasteiger partial charge on any atom is -0.481 e. The number of carbonyl (C=O) groups excluding carboxylic acids is 1. The van der Waals surface area contributed by atoms with Gasteiger partial charge in [-0.25, -0.2) is 17.9 Å². The molecular weight excluding hydrogens is 292 g/mol. The predicted molar refractivity (Wildman–Crippen MR) is 68.5 cm³/mol. The number of amides is 1. The van der Waals surface area contributed by atoms with Crippen molar-refractivity contribution in [3.63, 3.8) is 0 Å². The molecule has 0 aliphatic carbocycles. The van der Waals surface area contributed by atoms with E-state index >= 15 is 0 Å². The highest BCUT2D eigenvalue weighted by molar-refractivity contribution is 7.89. The van der Waals surface area contributed by atoms with E-state index in [4.69, 9.17) is 10.2 Å². The zero-order valence-corrected chi connectivity index (χ0v) is 11.9. The van der Waals surface area contributed by atoms with Gasteiger partial charge in [0.2, 0.25) is 15.9 Å². The summed E-state index contributed by atoms with van der Waals surface area (Å²) in [7, 11) is -3.63. The van der Waals surface area contributed by atoms with Gasteiger partial charge in [0, 0.05) is 0 Å². The Morgan fingerprint density at radius 3 is 2.15 bits per heavy atom. The first kappa shape index (κ1) is 18.3. The molecule has 4 N–H and O–H groups in total. The zero-order valence-electron chi connectivity index (χ0n) is 11.1. The van der Waals surface area contributed by atoms with E-state index in [-0.39, 0.29) is 5.75 Å². The van der Waals surface area contributed by atoms with Crippen LogP contribution in [0.15, 0.2) is 0 Å². The summed E-state index contributed by atoms with van der Waals surface area (Å²) in [5.74, 6) is -3.97. The Hall–Kier alpha value is -1.68. The Labute approximate surface area is 116 Å². The van der Waals surface area contributed by atoms with Gasteiger partial charge in [0.25, 0.3) is 0 Å². The number of rotatable bonds is 9. The molecule has 0 fully saturated rings. The molecule has 0 aromatic rings. The Morgan fingerprint density at radius 2 is 1.75 bits per heavy atom. The third-order valence-electron chi connectivity index (χ3n) is 2.22. The molecule has 10 heteroatoms. The standard InChI is InChI=1S/C10H18N2O7S/c1-3-4-20(18,19)12-6(2)9(15)11-7(10(16)17)5-8(13)14/h6-7,12H,3-5H2,1-2H3,(H,11,15)(H,13,14)(H,16,17)/t6?,7-/m1/s1. The third kappa shape index (κ3) is 7.04. The van der Waals surface area contributed by atoms with Crippen molar-refractivity contribution < 1.29 is 33.0 Å². The number of carboxylic acid groups (broad SMARTS) is 2. The maximum atomic E-state index is 11.6. The van der Waals surface area contributed by atoms with Gasteiger partial charge in [0.15, 0.2) is 0 Å². The van der Waals surface area contributed by atoms with Crippen LogP contribution in [0.1, 0.15) is 26.7 Å². The van der Waals surface area contributed by atoms with Gasteiger partial charge in [-0.3, -0.25) is 9.59 Å². The van der Waals surface area contributed by atoms with Crippen LogP contribution in [-0.2, 0) is 24.4 Å². The van der Waals surface area contributed by atoms with E-state index in [0.717, 1.165) is 0 Å². The average Bonchev–Trinajstić information content (AvgIpc) is 2.26. The quantitative estimate of drug-likeness (QED) is 0.415. The molecule has 0 aromatic heterocycles. The van der Waals surface area contributed by atoms with E-state index in [1.807, 2.05) is 5.32 Å². The SMILES string of the molecule is CCCS(=O)(=O)NC(C)C(=O)N[C@H](CC(=O)O)C(=O)O. The van der Waals surface area contributed by atoms with Crippen LogP contribution in [0.3, 0.4) is 0 Å². The van der Waals surface area contributed by atoms with Gasteiger partial charge in [-0.15, -0.1) is 0 Å². The maximum Gasteiger partial charge on any atom is 0.326 e. The molecule has 1 amide bonds. The fraction of sp³-hybridized carbons (Fsp3) is 0.700. The van der Waals surface area contributed by atoms with Gasteiger partial charge < -0.3 is 15.5 Å². The van der Waals surface area contributed by atoms with Crippen molar-refractivity contribution in [2.45, 2.75) is 38.8 Å². The highest BCUT2D eigenvalue weighted by atomic mass is 32.2. The van der Waals surface area contributed by atoms with Crippen LogP contribution in [0.4, 0.5) is 0 Å². The average molecular weight is 310 g/mol. The first-order valence-corrected chi connectivity index (χ1v) is 7.49. The fourth-order valence-corrected chi connectivity index (χ4v) is 2.62. The number of hydrogen-bond donors (Lipinski definition) is 4. The van der Waals surface area contributed by atoms with Crippen molar-refractivity contribution in [1.29, 1.82) is 0 Å². The molecule has 1 unspecified atom stereocenters. The lowest BCUT2D eigenvalue weighted by molar-refractivity contribution is -0.147. The lowest BCUT2D eigenvalue weighted by Crippen LogP contribution is -2.51. The maximum absolute atomic E-state index is 11.6. The molecule has 2 atom stereocenters. The summed E-state index contributed by atoms with van der Waals surface area (Å²) in [6.45, 7) is 2.89. The third-order valence-corrected chi connectivity index (χ3v) is 3.87. The number of sulfonamides is 1. The Bertz CT molecular complexity index is 474. The molecule has 0 aromatic carbocycles. The van der Waals surface area contributed by atoms with E-state index < -0.39 is 46.4 Å². The van der Waals surface area contributed by atoms with Crippen molar-refractivity contribution in [3.8, 4) is 0 Å². The van der Waals surface area contributed by atoms with Crippen LogP contribution in [0.5, 0.6) is 0 Å². The van der Waals surface area contributed by atoms with Gasteiger partial charge >= 0.3 is 11.9 Å². The van der Waals surface area contributed by atoms with Crippen LogP contribution in [0, 0.1) is 0 Å². The van der Waals surface area contributed by atoms with Crippen LogP contribution >= 0.6 is 0 Å². The van der Waals surface area contributed by atoms with Crippen molar-refractivity contribution in [1.82, 2.24) is 10.0 Å². The van der Waals surface area contributed by atoms with Crippen molar-refractivity contribution >= 4 is 27.9 Å². The van der Waals surface area contributed by atoms with Gasteiger partial charge in [0.05, 0.1) is 18.2 Å². The summed E-state index contributed by atoms with van der Waals surface area (Å²) in [5.41, 5.74) is 0. The van der Waals surface area contributed by atoms with Crippen LogP contribution in [0.25, 0.3) is 0 Å². The molecule has 0 saturated heterocycles. The Balaban J connectivity index is 4.65. The molecule has 0 rings (SSSR count). The van der Waals surface area contributed by atoms with Crippen molar-refractivity contribution in [3.05, 3.63) is 0 Å². The highest BCUT2D eigenvalue weighted by Crippen LogP contribution is 1.97. The summed E-state index contributed by atoms with van der Waals surface area (Å²) in [5, 5.41) is 19.2. The number of aliphatic carboxylic acids is 2. The molecule has 9 nitrogen and oxygen atoms in total. The minimum absolute atomic E-state index is 0.165. The first-order valence-electron chi connectivity index (χ1n) is 5.84. The second kappa shape index (κ2) is 7.80. The fourth-order valence-electron chi connectivity index (χ4n) is 1.32. The summed E-state index contributed by atoms with van der Waals surface area (Å²) in [4.78, 5) is 32.8. The molecule has 0 saturated carbocycles. The summed E-state index contributed by atoms with van der Waals surface area (Å²) in [6.07, 6.45) is -0.435. The predicted octanol–water partition coefficient (Wildman–Crippen LogP) is -1.25. The lowest BCUT2D eigenvalue weighted by Gasteiger charge is -2.17. The molecule has 0 aliphatic rings. The van der Waals surface area contributed by atoms with Crippen molar-refractivity contribution in [2.75, 3.05) is 5.75 Å². The molecule has 0 bridgehead atoms. The minimum atomic E-state index is -3.63. The highest BCUT2D eigenvalue weighted by Gasteiger charge is 2.26. The van der Waals surface area contributed by atoms with Gasteiger partial charge in [0.1, 0.15) is 6.04 Å². The van der Waals surface area contributed by atoms with Gasteiger partial charge in [-0.2, -0.15) is 0 Å².